The molecule has 0 atom stereocenters. The van der Waals surface area contributed by atoms with Gasteiger partial charge in [0.1, 0.15) is 11.5 Å². The topological polar surface area (TPSA) is 91.3 Å². The van der Waals surface area contributed by atoms with Crippen LogP contribution >= 0.6 is 0 Å². The molecular formula is C26H27N3O5. The number of nitrogens with zero attached hydrogens (tertiary/aromatic N) is 2. The highest BCUT2D eigenvalue weighted by atomic mass is 16.5. The number of anilines is 3. The van der Waals surface area contributed by atoms with E-state index < -0.39 is 5.97 Å². The number of ether oxygens (including phenoxy) is 2. The molecule has 8 heteroatoms. The number of rotatable bonds is 7. The number of amides is 1. The molecule has 176 valence electrons. The lowest BCUT2D eigenvalue weighted by atomic mass is 10.1. The van der Waals surface area contributed by atoms with Crippen molar-refractivity contribution < 1.29 is 24.2 Å². The Morgan fingerprint density at radius 1 is 0.853 bits per heavy atom. The fourth-order valence-corrected chi connectivity index (χ4v) is 4.05. The number of methoxy groups -OCH3 is 2. The number of carboxylic acid groups (broad SMARTS) is 1. The normalized spacial score (nSPS) is 13.4. The van der Waals surface area contributed by atoms with Crippen molar-refractivity contribution in [3.05, 3.63) is 77.9 Å². The van der Waals surface area contributed by atoms with Crippen LogP contribution in [0.2, 0.25) is 0 Å². The first-order chi connectivity index (χ1) is 16.5. The monoisotopic (exact) mass is 461 g/mol. The fourth-order valence-electron chi connectivity index (χ4n) is 4.05. The second kappa shape index (κ2) is 10.2. The summed E-state index contributed by atoms with van der Waals surface area (Å²) in [4.78, 5) is 29.0. The number of benzene rings is 3. The van der Waals surface area contributed by atoms with Gasteiger partial charge in [-0.1, -0.05) is 12.1 Å². The van der Waals surface area contributed by atoms with Crippen molar-refractivity contribution in [2.24, 2.45) is 0 Å². The van der Waals surface area contributed by atoms with Crippen LogP contribution in [0.5, 0.6) is 11.5 Å². The standard InChI is InChI=1S/C26H27N3O5/c1-33-20-10-7-18(8-11-20)25(30)27-22-12-9-19(17-21(22)26(31)32)28-13-15-29(16-14-28)23-5-3-4-6-24(23)34-2/h3-12,17H,13-16H2,1-2H3,(H,27,30)(H,31,32). The number of nitrogens with one attached hydrogen (secondary N) is 1. The molecule has 8 nitrogen and oxygen atoms in total. The predicted molar refractivity (Wildman–Crippen MR) is 132 cm³/mol. The van der Waals surface area contributed by atoms with Gasteiger partial charge in [0.15, 0.2) is 0 Å². The lowest BCUT2D eigenvalue weighted by molar-refractivity contribution is 0.0698. The Kier molecular flexibility index (Phi) is 6.87. The van der Waals surface area contributed by atoms with Crippen LogP contribution in [0.15, 0.2) is 66.7 Å². The maximum atomic E-state index is 12.6. The van der Waals surface area contributed by atoms with Crippen LogP contribution in [0.4, 0.5) is 17.1 Å². The molecule has 0 spiro atoms. The van der Waals surface area contributed by atoms with Crippen LogP contribution in [0.1, 0.15) is 20.7 Å². The van der Waals surface area contributed by atoms with Gasteiger partial charge < -0.3 is 29.7 Å². The molecule has 1 amide bonds. The highest BCUT2D eigenvalue weighted by Crippen LogP contribution is 2.30. The number of piperazine rings is 1. The number of carboxylic acids is 1. The summed E-state index contributed by atoms with van der Waals surface area (Å²) in [5.74, 6) is -0.0122. The van der Waals surface area contributed by atoms with Crippen molar-refractivity contribution >= 4 is 28.9 Å². The van der Waals surface area contributed by atoms with Crippen molar-refractivity contribution in [3.8, 4) is 11.5 Å². The maximum absolute atomic E-state index is 12.6. The first kappa shape index (κ1) is 23.0. The summed E-state index contributed by atoms with van der Waals surface area (Å²) in [6, 6.07) is 19.6. The summed E-state index contributed by atoms with van der Waals surface area (Å²) in [7, 11) is 3.21. The van der Waals surface area contributed by atoms with Gasteiger partial charge in [-0.25, -0.2) is 4.79 Å². The van der Waals surface area contributed by atoms with Gasteiger partial charge in [-0.2, -0.15) is 0 Å². The van der Waals surface area contributed by atoms with Gasteiger partial charge in [-0.15, -0.1) is 0 Å². The van der Waals surface area contributed by atoms with E-state index in [1.807, 2.05) is 30.3 Å². The van der Waals surface area contributed by atoms with Gasteiger partial charge in [0, 0.05) is 37.4 Å². The number of para-hydroxylation sites is 2. The van der Waals surface area contributed by atoms with Gasteiger partial charge >= 0.3 is 5.97 Å². The van der Waals surface area contributed by atoms with Gasteiger partial charge in [0.2, 0.25) is 0 Å². The molecule has 34 heavy (non-hydrogen) atoms. The lowest BCUT2D eigenvalue weighted by Crippen LogP contribution is -2.46. The van der Waals surface area contributed by atoms with Crippen molar-refractivity contribution in [1.29, 1.82) is 0 Å². The Bertz CT molecular complexity index is 1170. The second-order valence-corrected chi connectivity index (χ2v) is 7.86. The number of carbonyl (C=O) groups is 2. The third kappa shape index (κ3) is 4.91. The fraction of sp³-hybridized carbons (Fsp3) is 0.231. The molecule has 3 aromatic carbocycles. The molecule has 1 aliphatic heterocycles. The van der Waals surface area contributed by atoms with Crippen LogP contribution in [0, 0.1) is 0 Å². The summed E-state index contributed by atoms with van der Waals surface area (Å²) in [5.41, 5.74) is 2.57. The molecule has 1 aliphatic rings. The molecule has 2 N–H and O–H groups in total. The Balaban J connectivity index is 1.47. The zero-order chi connectivity index (χ0) is 24.1. The zero-order valence-corrected chi connectivity index (χ0v) is 19.2. The molecule has 0 aromatic heterocycles. The largest absolute Gasteiger partial charge is 0.497 e. The van der Waals surface area contributed by atoms with Crippen LogP contribution in [-0.4, -0.2) is 57.4 Å². The minimum Gasteiger partial charge on any atom is -0.497 e. The van der Waals surface area contributed by atoms with Gasteiger partial charge in [-0.3, -0.25) is 4.79 Å². The third-order valence-corrected chi connectivity index (χ3v) is 5.90. The Morgan fingerprint density at radius 3 is 2.18 bits per heavy atom. The van der Waals surface area contributed by atoms with E-state index in [4.69, 9.17) is 9.47 Å². The first-order valence-electron chi connectivity index (χ1n) is 11.0. The highest BCUT2D eigenvalue weighted by Gasteiger charge is 2.22. The molecular weight excluding hydrogens is 434 g/mol. The first-order valence-corrected chi connectivity index (χ1v) is 11.0. The van der Waals surface area contributed by atoms with Crippen molar-refractivity contribution in [2.75, 3.05) is 55.5 Å². The molecule has 1 fully saturated rings. The van der Waals surface area contributed by atoms with E-state index in [1.54, 1.807) is 50.6 Å². The smallest absolute Gasteiger partial charge is 0.337 e. The molecule has 1 heterocycles. The minimum atomic E-state index is -1.10. The summed E-state index contributed by atoms with van der Waals surface area (Å²) in [5, 5.41) is 12.5. The van der Waals surface area contributed by atoms with Crippen molar-refractivity contribution in [3.63, 3.8) is 0 Å². The molecule has 0 radical (unpaired) electrons. The average Bonchev–Trinajstić information content (AvgIpc) is 2.89. The molecule has 4 rings (SSSR count). The van der Waals surface area contributed by atoms with Crippen molar-refractivity contribution in [1.82, 2.24) is 0 Å². The lowest BCUT2D eigenvalue weighted by Gasteiger charge is -2.38. The zero-order valence-electron chi connectivity index (χ0n) is 19.2. The summed E-state index contributed by atoms with van der Waals surface area (Å²) >= 11 is 0. The Hall–Kier alpha value is -4.20. The van der Waals surface area contributed by atoms with Crippen LogP contribution in [0.25, 0.3) is 0 Å². The van der Waals surface area contributed by atoms with E-state index in [1.165, 1.54) is 0 Å². The van der Waals surface area contributed by atoms with Crippen LogP contribution in [0.3, 0.4) is 0 Å². The van der Waals surface area contributed by atoms with E-state index in [0.717, 1.165) is 43.3 Å². The summed E-state index contributed by atoms with van der Waals surface area (Å²) in [6.07, 6.45) is 0. The highest BCUT2D eigenvalue weighted by molar-refractivity contribution is 6.08. The summed E-state index contributed by atoms with van der Waals surface area (Å²) < 4.78 is 10.6. The van der Waals surface area contributed by atoms with Crippen LogP contribution in [-0.2, 0) is 0 Å². The average molecular weight is 462 g/mol. The number of carbonyl (C=O) groups excluding carboxylic acids is 1. The van der Waals surface area contributed by atoms with E-state index in [0.29, 0.717) is 11.3 Å². The van der Waals surface area contributed by atoms with Gasteiger partial charge in [0.25, 0.3) is 5.91 Å². The van der Waals surface area contributed by atoms with Gasteiger partial charge in [-0.05, 0) is 54.6 Å². The van der Waals surface area contributed by atoms with Crippen molar-refractivity contribution in [2.45, 2.75) is 0 Å². The number of hydrogen-bond donors (Lipinski definition) is 2. The maximum Gasteiger partial charge on any atom is 0.337 e. The predicted octanol–water partition coefficient (Wildman–Crippen LogP) is 3.98. The third-order valence-electron chi connectivity index (χ3n) is 5.90. The van der Waals surface area contributed by atoms with E-state index in [2.05, 4.69) is 15.1 Å². The second-order valence-electron chi connectivity index (χ2n) is 7.86. The molecule has 1 saturated heterocycles. The number of hydrogen-bond acceptors (Lipinski definition) is 6. The summed E-state index contributed by atoms with van der Waals surface area (Å²) in [6.45, 7) is 3.01. The molecule has 0 bridgehead atoms. The molecule has 0 saturated carbocycles. The van der Waals surface area contributed by atoms with E-state index in [9.17, 15) is 14.7 Å². The van der Waals surface area contributed by atoms with Crippen LogP contribution < -0.4 is 24.6 Å². The molecule has 0 aliphatic carbocycles. The van der Waals surface area contributed by atoms with Gasteiger partial charge in [0.05, 0.1) is 31.2 Å². The Morgan fingerprint density at radius 2 is 1.53 bits per heavy atom. The SMILES string of the molecule is COc1ccc(C(=O)Nc2ccc(N3CCN(c4ccccc4OC)CC3)cc2C(=O)O)cc1. The minimum absolute atomic E-state index is 0.0477. The molecule has 3 aromatic rings. The molecule has 0 unspecified atom stereocenters. The van der Waals surface area contributed by atoms with E-state index >= 15 is 0 Å². The number of aromatic carboxylic acids is 1. The van der Waals surface area contributed by atoms with E-state index in [-0.39, 0.29) is 17.2 Å². The Labute approximate surface area is 198 Å². The quantitative estimate of drug-likeness (QED) is 0.550.